The second-order valence-electron chi connectivity index (χ2n) is 7.90. The Morgan fingerprint density at radius 2 is 1.82 bits per heavy atom. The van der Waals surface area contributed by atoms with Crippen LogP contribution in [0.4, 0.5) is 0 Å². The topological polar surface area (TPSA) is 67.7 Å². The molecule has 2 aromatic rings. The van der Waals surface area contributed by atoms with Gasteiger partial charge in [0.05, 0.1) is 18.7 Å². The Morgan fingerprint density at radius 3 is 2.50 bits per heavy atom. The summed E-state index contributed by atoms with van der Waals surface area (Å²) in [6.07, 6.45) is 1.79. The number of fused-ring (bicyclic) bond motifs is 1. The van der Waals surface area contributed by atoms with Crippen LogP contribution in [0.15, 0.2) is 29.1 Å². The summed E-state index contributed by atoms with van der Waals surface area (Å²) in [5.74, 6) is -0.248. The molecule has 0 bridgehead atoms. The van der Waals surface area contributed by atoms with E-state index in [1.54, 1.807) is 15.6 Å². The van der Waals surface area contributed by atoms with Crippen LogP contribution in [0.5, 0.6) is 0 Å². The Labute approximate surface area is 164 Å². The molecule has 0 radical (unpaired) electrons. The van der Waals surface area contributed by atoms with E-state index in [1.165, 1.54) is 0 Å². The number of rotatable bonds is 3. The Kier molecular flexibility index (Phi) is 5.21. The molecule has 2 fully saturated rings. The molecule has 0 aliphatic carbocycles. The molecule has 1 amide bonds. The van der Waals surface area contributed by atoms with E-state index in [9.17, 15) is 9.59 Å². The smallest absolute Gasteiger partial charge is 0.278 e. The molecule has 28 heavy (non-hydrogen) atoms. The van der Waals surface area contributed by atoms with Gasteiger partial charge in [-0.05, 0) is 38.8 Å². The average Bonchev–Trinajstić information content (AvgIpc) is 2.75. The average molecular weight is 384 g/mol. The van der Waals surface area contributed by atoms with E-state index in [1.807, 2.05) is 25.1 Å². The van der Waals surface area contributed by atoms with Gasteiger partial charge in [0.25, 0.3) is 5.91 Å². The largest absolute Gasteiger partial charge is 0.379 e. The predicted molar refractivity (Wildman–Crippen MR) is 108 cm³/mol. The summed E-state index contributed by atoms with van der Waals surface area (Å²) in [7, 11) is 0. The summed E-state index contributed by atoms with van der Waals surface area (Å²) >= 11 is 0. The van der Waals surface area contributed by atoms with Crippen LogP contribution in [0, 0.1) is 0 Å². The van der Waals surface area contributed by atoms with E-state index in [4.69, 9.17) is 4.74 Å². The first-order valence-corrected chi connectivity index (χ1v) is 10.2. The highest BCUT2D eigenvalue weighted by molar-refractivity contribution is 5.95. The second kappa shape index (κ2) is 7.64. The number of hydrogen-bond acceptors (Lipinski definition) is 5. The number of amides is 1. The van der Waals surface area contributed by atoms with Crippen molar-refractivity contribution in [3.63, 3.8) is 0 Å². The monoisotopic (exact) mass is 384 g/mol. The Hall–Kier alpha value is -2.25. The van der Waals surface area contributed by atoms with E-state index >= 15 is 0 Å². The summed E-state index contributed by atoms with van der Waals surface area (Å²) in [5, 5.41) is 4.96. The summed E-state index contributed by atoms with van der Waals surface area (Å²) < 4.78 is 7.21. The Bertz CT molecular complexity index is 925. The third-order valence-corrected chi connectivity index (χ3v) is 6.27. The van der Waals surface area contributed by atoms with Crippen molar-refractivity contribution in [3.05, 3.63) is 40.2 Å². The molecule has 1 aromatic carbocycles. The first kappa shape index (κ1) is 19.1. The third kappa shape index (κ3) is 3.33. The highest BCUT2D eigenvalue weighted by Crippen LogP contribution is 2.29. The van der Waals surface area contributed by atoms with Gasteiger partial charge in [-0.2, -0.15) is 5.10 Å². The molecule has 4 rings (SSSR count). The van der Waals surface area contributed by atoms with Gasteiger partial charge in [-0.25, -0.2) is 0 Å². The molecular weight excluding hydrogens is 356 g/mol. The van der Waals surface area contributed by atoms with Crippen LogP contribution >= 0.6 is 0 Å². The van der Waals surface area contributed by atoms with Crippen molar-refractivity contribution in [2.45, 2.75) is 38.8 Å². The van der Waals surface area contributed by atoms with Crippen LogP contribution < -0.4 is 5.43 Å². The van der Waals surface area contributed by atoms with Crippen molar-refractivity contribution in [3.8, 4) is 0 Å². The molecule has 2 aliphatic heterocycles. The van der Waals surface area contributed by atoms with E-state index < -0.39 is 0 Å². The van der Waals surface area contributed by atoms with Gasteiger partial charge >= 0.3 is 0 Å². The van der Waals surface area contributed by atoms with Crippen LogP contribution in [-0.2, 0) is 11.3 Å². The van der Waals surface area contributed by atoms with Crippen LogP contribution in [0.3, 0.4) is 0 Å². The number of carbonyl (C=O) groups is 1. The first-order chi connectivity index (χ1) is 13.5. The number of piperidine rings is 1. The zero-order valence-electron chi connectivity index (χ0n) is 16.7. The summed E-state index contributed by atoms with van der Waals surface area (Å²) in [6, 6.07) is 7.35. The molecule has 0 atom stereocenters. The SMILES string of the molecule is CCn1nc(C(=O)N2CCC(C)(N3CCOCC3)CC2)c(=O)c2ccccc21. The number of morpholine rings is 1. The highest BCUT2D eigenvalue weighted by Gasteiger charge is 2.38. The number of carbonyl (C=O) groups excluding carboxylic acids is 1. The summed E-state index contributed by atoms with van der Waals surface area (Å²) in [5.41, 5.74) is 0.619. The van der Waals surface area contributed by atoms with Gasteiger partial charge in [0.2, 0.25) is 5.43 Å². The van der Waals surface area contributed by atoms with Gasteiger partial charge in [0, 0.05) is 43.6 Å². The quantitative estimate of drug-likeness (QED) is 0.806. The molecule has 0 N–H and O–H groups in total. The number of para-hydroxylation sites is 1. The lowest BCUT2D eigenvalue weighted by atomic mass is 9.87. The Balaban J connectivity index is 1.56. The molecule has 0 saturated carbocycles. The van der Waals surface area contributed by atoms with Crippen molar-refractivity contribution in [1.82, 2.24) is 19.6 Å². The standard InChI is InChI=1S/C21H28N4O3/c1-3-25-17-7-5-4-6-16(17)19(26)18(22-25)20(27)23-10-8-21(2,9-11-23)24-12-14-28-15-13-24/h4-7H,3,8-15H2,1-2H3. The number of nitrogens with zero attached hydrogens (tertiary/aromatic N) is 4. The maximum atomic E-state index is 13.1. The fourth-order valence-electron chi connectivity index (χ4n) is 4.38. The number of ether oxygens (including phenoxy) is 1. The Morgan fingerprint density at radius 1 is 1.14 bits per heavy atom. The lowest BCUT2D eigenvalue weighted by Gasteiger charge is -2.48. The fourth-order valence-corrected chi connectivity index (χ4v) is 4.38. The molecule has 0 unspecified atom stereocenters. The first-order valence-electron chi connectivity index (χ1n) is 10.2. The zero-order chi connectivity index (χ0) is 19.7. The number of benzene rings is 1. The van der Waals surface area contributed by atoms with Gasteiger partial charge in [-0.1, -0.05) is 12.1 Å². The summed E-state index contributed by atoms with van der Waals surface area (Å²) in [6.45, 7) is 9.57. The predicted octanol–water partition coefficient (Wildman–Crippen LogP) is 1.74. The van der Waals surface area contributed by atoms with E-state index in [0.717, 1.165) is 44.7 Å². The minimum absolute atomic E-state index is 0.0375. The number of aromatic nitrogens is 2. The minimum Gasteiger partial charge on any atom is -0.379 e. The van der Waals surface area contributed by atoms with Crippen molar-refractivity contribution >= 4 is 16.8 Å². The van der Waals surface area contributed by atoms with E-state index in [0.29, 0.717) is 25.0 Å². The minimum atomic E-state index is -0.271. The van der Waals surface area contributed by atoms with Gasteiger partial charge in [-0.3, -0.25) is 19.2 Å². The lowest BCUT2D eigenvalue weighted by molar-refractivity contribution is -0.0372. The zero-order valence-corrected chi connectivity index (χ0v) is 16.7. The molecule has 7 nitrogen and oxygen atoms in total. The van der Waals surface area contributed by atoms with Gasteiger partial charge in [-0.15, -0.1) is 0 Å². The number of hydrogen-bond donors (Lipinski definition) is 0. The van der Waals surface area contributed by atoms with E-state index in [2.05, 4.69) is 16.9 Å². The van der Waals surface area contributed by atoms with E-state index in [-0.39, 0.29) is 22.6 Å². The van der Waals surface area contributed by atoms with Crippen LogP contribution in [-0.4, -0.2) is 70.4 Å². The third-order valence-electron chi connectivity index (χ3n) is 6.27. The van der Waals surface area contributed by atoms with Gasteiger partial charge in [0.15, 0.2) is 5.69 Å². The number of likely N-dealkylation sites (tertiary alicyclic amines) is 1. The molecule has 2 aliphatic rings. The van der Waals surface area contributed by atoms with Crippen LogP contribution in [0.25, 0.3) is 10.9 Å². The van der Waals surface area contributed by atoms with Gasteiger partial charge < -0.3 is 9.64 Å². The van der Waals surface area contributed by atoms with Crippen molar-refractivity contribution in [2.24, 2.45) is 0 Å². The normalized spacial score (nSPS) is 20.4. The van der Waals surface area contributed by atoms with Crippen molar-refractivity contribution in [2.75, 3.05) is 39.4 Å². The van der Waals surface area contributed by atoms with Crippen LogP contribution in [0.1, 0.15) is 37.2 Å². The van der Waals surface area contributed by atoms with Crippen molar-refractivity contribution in [1.29, 1.82) is 0 Å². The maximum Gasteiger partial charge on any atom is 0.278 e. The van der Waals surface area contributed by atoms with Crippen LogP contribution in [0.2, 0.25) is 0 Å². The molecule has 2 saturated heterocycles. The second-order valence-corrected chi connectivity index (χ2v) is 7.90. The summed E-state index contributed by atoms with van der Waals surface area (Å²) in [4.78, 5) is 30.3. The van der Waals surface area contributed by atoms with Gasteiger partial charge in [0.1, 0.15) is 0 Å². The molecule has 3 heterocycles. The lowest BCUT2D eigenvalue weighted by Crippen LogP contribution is -2.57. The molecular formula is C21H28N4O3. The number of aryl methyl sites for hydroxylation is 1. The highest BCUT2D eigenvalue weighted by atomic mass is 16.5. The maximum absolute atomic E-state index is 13.1. The molecule has 1 aromatic heterocycles. The molecule has 7 heteroatoms. The molecule has 0 spiro atoms. The fraction of sp³-hybridized carbons (Fsp3) is 0.571. The molecule has 150 valence electrons. The van der Waals surface area contributed by atoms with Crippen molar-refractivity contribution < 1.29 is 9.53 Å².